The molecule has 4 N–H and O–H groups in total. The molecule has 0 bridgehead atoms. The van der Waals surface area contributed by atoms with E-state index in [0.29, 0.717) is 17.0 Å². The van der Waals surface area contributed by atoms with E-state index in [4.69, 9.17) is 16.3 Å². The zero-order chi connectivity index (χ0) is 20.5. The van der Waals surface area contributed by atoms with Gasteiger partial charge in [0.2, 0.25) is 0 Å². The molecule has 1 heterocycles. The van der Waals surface area contributed by atoms with E-state index in [-0.39, 0.29) is 30.3 Å². The third-order valence-electron chi connectivity index (χ3n) is 4.73. The number of aryl methyl sites for hydroxylation is 1. The Bertz CT molecular complexity index is 898. The second-order valence-corrected chi connectivity index (χ2v) is 8.20. The fraction of sp³-hybridized carbons (Fsp3) is 0.381. The molecule has 28 heavy (non-hydrogen) atoms. The minimum Gasteiger partial charge on any atom is -0.508 e. The van der Waals surface area contributed by atoms with Crippen molar-refractivity contribution in [3.05, 3.63) is 52.0 Å². The Kier molecular flexibility index (Phi) is 5.84. The first kappa shape index (κ1) is 20.5. The van der Waals surface area contributed by atoms with E-state index < -0.39 is 6.10 Å². The number of aliphatic hydroxyl groups is 1. The molecule has 2 aromatic rings. The Labute approximate surface area is 169 Å². The van der Waals surface area contributed by atoms with Crippen LogP contribution in [0.2, 0.25) is 5.02 Å². The lowest BCUT2D eigenvalue weighted by Gasteiger charge is -2.29. The number of nitrogens with one attached hydrogen (secondary N) is 2. The fourth-order valence-corrected chi connectivity index (χ4v) is 3.45. The van der Waals surface area contributed by atoms with Crippen LogP contribution in [-0.4, -0.2) is 34.8 Å². The Balaban J connectivity index is 1.70. The van der Waals surface area contributed by atoms with Gasteiger partial charge in [0.05, 0.1) is 11.8 Å². The van der Waals surface area contributed by atoms with E-state index in [9.17, 15) is 15.0 Å². The highest BCUT2D eigenvalue weighted by Gasteiger charge is 2.26. The van der Waals surface area contributed by atoms with Crippen molar-refractivity contribution < 1.29 is 19.7 Å². The van der Waals surface area contributed by atoms with Gasteiger partial charge in [-0.25, -0.2) is 0 Å². The molecule has 0 unspecified atom stereocenters. The molecular weight excluding hydrogens is 380 g/mol. The lowest BCUT2D eigenvalue weighted by Crippen LogP contribution is -2.43. The lowest BCUT2D eigenvalue weighted by atomic mass is 9.93. The third-order valence-corrected chi connectivity index (χ3v) is 5.15. The summed E-state index contributed by atoms with van der Waals surface area (Å²) in [7, 11) is 0. The number of fused-ring (bicyclic) bond motifs is 1. The number of β-amino-alcohol motifs (C(OH)–C–C–N with tert-alkyl or cyclic N) is 1. The smallest absolute Gasteiger partial charge is 0.262 e. The number of ether oxygens (including phenoxy) is 1. The summed E-state index contributed by atoms with van der Waals surface area (Å²) in [5.41, 5.74) is 2.69. The summed E-state index contributed by atoms with van der Waals surface area (Å²) in [6, 6.07) is 8.81. The van der Waals surface area contributed by atoms with Crippen LogP contribution in [0.3, 0.4) is 0 Å². The van der Waals surface area contributed by atoms with E-state index in [1.54, 1.807) is 0 Å². The molecule has 3 rings (SSSR count). The van der Waals surface area contributed by atoms with Gasteiger partial charge in [-0.05, 0) is 50.5 Å². The maximum absolute atomic E-state index is 11.5. The predicted molar refractivity (Wildman–Crippen MR) is 109 cm³/mol. The van der Waals surface area contributed by atoms with E-state index in [2.05, 4.69) is 30.5 Å². The summed E-state index contributed by atoms with van der Waals surface area (Å²) >= 11 is 6.10. The van der Waals surface area contributed by atoms with Gasteiger partial charge in [0.25, 0.3) is 5.91 Å². The van der Waals surface area contributed by atoms with Gasteiger partial charge in [-0.1, -0.05) is 23.7 Å². The molecule has 1 atom stereocenters. The van der Waals surface area contributed by atoms with Crippen LogP contribution in [0, 0.1) is 6.92 Å². The highest BCUT2D eigenvalue weighted by molar-refractivity contribution is 6.31. The maximum Gasteiger partial charge on any atom is 0.262 e. The molecule has 0 saturated heterocycles. The van der Waals surface area contributed by atoms with E-state index in [0.717, 1.165) is 22.6 Å². The standard InChI is InChI=1S/C21H25ClN2O4/c1-12-6-13(4-5-16(12)22)9-21(2,3)23-10-18(26)15-7-14(25)8-17-20(15)28-11-19(27)24-17/h4-8,18,23,25-26H,9-11H2,1-3H3,(H,24,27)/t18-/m0/s1. The summed E-state index contributed by atoms with van der Waals surface area (Å²) in [6.07, 6.45) is -0.162. The van der Waals surface area contributed by atoms with Crippen LogP contribution in [-0.2, 0) is 11.2 Å². The van der Waals surface area contributed by atoms with Crippen molar-refractivity contribution in [2.24, 2.45) is 0 Å². The number of benzene rings is 2. The highest BCUT2D eigenvalue weighted by Crippen LogP contribution is 2.38. The van der Waals surface area contributed by atoms with Crippen LogP contribution in [0.25, 0.3) is 0 Å². The first-order valence-electron chi connectivity index (χ1n) is 9.12. The van der Waals surface area contributed by atoms with Crippen LogP contribution in [0.15, 0.2) is 30.3 Å². The number of hydrogen-bond donors (Lipinski definition) is 4. The molecule has 1 aliphatic heterocycles. The van der Waals surface area contributed by atoms with Gasteiger partial charge >= 0.3 is 0 Å². The number of amides is 1. The molecule has 0 aliphatic carbocycles. The number of phenols is 1. The number of carbonyl (C=O) groups excluding carboxylic acids is 1. The Morgan fingerprint density at radius 2 is 2.07 bits per heavy atom. The van der Waals surface area contributed by atoms with Crippen molar-refractivity contribution in [2.45, 2.75) is 38.8 Å². The van der Waals surface area contributed by atoms with Gasteiger partial charge in [-0.15, -0.1) is 0 Å². The minimum absolute atomic E-state index is 0.0468. The summed E-state index contributed by atoms with van der Waals surface area (Å²) in [6.45, 7) is 6.22. The molecule has 0 saturated carbocycles. The number of phenolic OH excluding ortho intramolecular Hbond substituents is 1. The van der Waals surface area contributed by atoms with Crippen molar-refractivity contribution in [1.29, 1.82) is 0 Å². The first-order chi connectivity index (χ1) is 13.1. The quantitative estimate of drug-likeness (QED) is 0.593. The minimum atomic E-state index is -0.915. The largest absolute Gasteiger partial charge is 0.508 e. The Morgan fingerprint density at radius 1 is 1.32 bits per heavy atom. The molecule has 1 aliphatic rings. The fourth-order valence-electron chi connectivity index (χ4n) is 3.33. The second-order valence-electron chi connectivity index (χ2n) is 7.79. The summed E-state index contributed by atoms with van der Waals surface area (Å²) in [4.78, 5) is 11.5. The molecule has 7 heteroatoms. The van der Waals surface area contributed by atoms with Crippen molar-refractivity contribution in [2.75, 3.05) is 18.5 Å². The first-order valence-corrected chi connectivity index (χ1v) is 9.50. The SMILES string of the molecule is Cc1cc(CC(C)(C)NC[C@H](O)c2cc(O)cc3c2OCC(=O)N3)ccc1Cl. The van der Waals surface area contributed by atoms with Gasteiger partial charge in [0, 0.05) is 28.7 Å². The van der Waals surface area contributed by atoms with Gasteiger partial charge in [-0.2, -0.15) is 0 Å². The van der Waals surface area contributed by atoms with Crippen LogP contribution in [0.5, 0.6) is 11.5 Å². The second kappa shape index (κ2) is 7.99. The van der Waals surface area contributed by atoms with Gasteiger partial charge in [-0.3, -0.25) is 4.79 Å². The number of halogens is 1. The molecular formula is C21H25ClN2O4. The zero-order valence-electron chi connectivity index (χ0n) is 16.2. The molecule has 0 fully saturated rings. The molecule has 1 amide bonds. The van der Waals surface area contributed by atoms with Crippen LogP contribution in [0.1, 0.15) is 36.6 Å². The number of carbonyl (C=O) groups is 1. The third kappa shape index (κ3) is 4.76. The predicted octanol–water partition coefficient (Wildman–Crippen LogP) is 3.33. The number of aliphatic hydroxyl groups excluding tert-OH is 1. The molecule has 150 valence electrons. The Morgan fingerprint density at radius 3 is 2.79 bits per heavy atom. The highest BCUT2D eigenvalue weighted by atomic mass is 35.5. The van der Waals surface area contributed by atoms with Crippen molar-refractivity contribution in [1.82, 2.24) is 5.32 Å². The monoisotopic (exact) mass is 404 g/mol. The van der Waals surface area contributed by atoms with Gasteiger partial charge in [0.1, 0.15) is 11.5 Å². The topological polar surface area (TPSA) is 90.8 Å². The molecule has 6 nitrogen and oxygen atoms in total. The van der Waals surface area contributed by atoms with Crippen LogP contribution < -0.4 is 15.4 Å². The number of rotatable bonds is 6. The van der Waals surface area contributed by atoms with E-state index in [1.165, 1.54) is 12.1 Å². The van der Waals surface area contributed by atoms with Crippen molar-refractivity contribution in [3.63, 3.8) is 0 Å². The number of hydrogen-bond acceptors (Lipinski definition) is 5. The molecule has 2 aromatic carbocycles. The summed E-state index contributed by atoms with van der Waals surface area (Å²) in [5.74, 6) is 0.0448. The van der Waals surface area contributed by atoms with Gasteiger partial charge in [0.15, 0.2) is 6.61 Å². The van der Waals surface area contributed by atoms with Crippen molar-refractivity contribution in [3.8, 4) is 11.5 Å². The average molecular weight is 405 g/mol. The van der Waals surface area contributed by atoms with Crippen molar-refractivity contribution >= 4 is 23.2 Å². The lowest BCUT2D eigenvalue weighted by molar-refractivity contribution is -0.118. The maximum atomic E-state index is 11.5. The number of anilines is 1. The molecule has 0 aromatic heterocycles. The van der Waals surface area contributed by atoms with E-state index >= 15 is 0 Å². The van der Waals surface area contributed by atoms with E-state index in [1.807, 2.05) is 19.1 Å². The molecule has 0 radical (unpaired) electrons. The van der Waals surface area contributed by atoms with Crippen LogP contribution in [0.4, 0.5) is 5.69 Å². The normalized spacial score (nSPS) is 14.8. The zero-order valence-corrected chi connectivity index (χ0v) is 16.9. The number of aromatic hydroxyl groups is 1. The summed E-state index contributed by atoms with van der Waals surface area (Å²) in [5, 5.41) is 27.4. The summed E-state index contributed by atoms with van der Waals surface area (Å²) < 4.78 is 5.47. The van der Waals surface area contributed by atoms with Gasteiger partial charge < -0.3 is 25.6 Å². The average Bonchev–Trinajstić information content (AvgIpc) is 2.61. The molecule has 0 spiro atoms. The Hall–Kier alpha value is -2.28. The van der Waals surface area contributed by atoms with Crippen LogP contribution >= 0.6 is 11.6 Å².